The highest BCUT2D eigenvalue weighted by Gasteiger charge is 2.15. The van der Waals surface area contributed by atoms with Crippen LogP contribution in [0.3, 0.4) is 0 Å². The van der Waals surface area contributed by atoms with Crippen molar-refractivity contribution in [2.24, 2.45) is 0 Å². The van der Waals surface area contributed by atoms with Crippen molar-refractivity contribution in [1.29, 1.82) is 0 Å². The van der Waals surface area contributed by atoms with Gasteiger partial charge in [0.25, 0.3) is 5.89 Å². The Hall–Kier alpha value is -2.87. The minimum Gasteiger partial charge on any atom is -0.472 e. The van der Waals surface area contributed by atoms with Crippen LogP contribution < -0.4 is 0 Å². The lowest BCUT2D eigenvalue weighted by molar-refractivity contribution is 0.431. The van der Waals surface area contributed by atoms with Crippen LogP contribution in [0.15, 0.2) is 51.5 Å². The van der Waals surface area contributed by atoms with Crippen molar-refractivity contribution in [3.63, 3.8) is 0 Å². The van der Waals surface area contributed by atoms with Crippen molar-refractivity contribution in [3.8, 4) is 33.7 Å². The number of hydrogen-bond donors (Lipinski definition) is 0. The van der Waals surface area contributed by atoms with Gasteiger partial charge in [-0.05, 0) is 6.07 Å². The number of thiazole rings is 1. The molecule has 0 N–H and O–H groups in total. The molecule has 7 nitrogen and oxygen atoms in total. The third-order valence-corrected chi connectivity index (χ3v) is 3.60. The summed E-state index contributed by atoms with van der Waals surface area (Å²) >= 11 is 1.48. The maximum atomic E-state index is 5.23. The molecule has 0 atom stereocenters. The van der Waals surface area contributed by atoms with E-state index in [4.69, 9.17) is 8.94 Å². The molecule has 0 bridgehead atoms. The lowest BCUT2D eigenvalue weighted by Gasteiger charge is -1.88. The average molecular weight is 297 g/mol. The van der Waals surface area contributed by atoms with E-state index in [1.165, 1.54) is 11.3 Å². The van der Waals surface area contributed by atoms with E-state index in [9.17, 15) is 0 Å². The Bertz CT molecular complexity index is 854. The third-order valence-electron chi connectivity index (χ3n) is 2.71. The average Bonchev–Trinajstić information content (AvgIpc) is 3.27. The molecular weight excluding hydrogens is 290 g/mol. The first-order valence-electron chi connectivity index (χ1n) is 5.99. The van der Waals surface area contributed by atoms with Gasteiger partial charge >= 0.3 is 0 Å². The van der Waals surface area contributed by atoms with Gasteiger partial charge in [0.05, 0.1) is 12.5 Å². The molecule has 0 aromatic carbocycles. The van der Waals surface area contributed by atoms with Gasteiger partial charge in [0.2, 0.25) is 5.82 Å². The second-order valence-electron chi connectivity index (χ2n) is 4.06. The Morgan fingerprint density at radius 3 is 2.90 bits per heavy atom. The topological polar surface area (TPSA) is 90.7 Å². The number of furan rings is 1. The Balaban J connectivity index is 1.67. The van der Waals surface area contributed by atoms with Gasteiger partial charge in [-0.3, -0.25) is 4.98 Å². The first-order chi connectivity index (χ1) is 10.4. The summed E-state index contributed by atoms with van der Waals surface area (Å²) in [6.45, 7) is 0. The van der Waals surface area contributed by atoms with Gasteiger partial charge in [-0.2, -0.15) is 4.98 Å². The Kier molecular flexibility index (Phi) is 2.79. The molecule has 0 saturated heterocycles. The molecule has 4 rings (SSSR count). The molecule has 0 amide bonds. The van der Waals surface area contributed by atoms with E-state index >= 15 is 0 Å². The SMILES string of the molecule is c1cnc(-c2noc(-c3csc(-c4ccoc4)n3)n2)cn1. The molecule has 0 unspecified atom stereocenters. The van der Waals surface area contributed by atoms with Crippen LogP contribution in [0.1, 0.15) is 0 Å². The first kappa shape index (κ1) is 11.9. The first-order valence-corrected chi connectivity index (χ1v) is 6.87. The molecule has 0 aliphatic heterocycles. The highest BCUT2D eigenvalue weighted by molar-refractivity contribution is 7.13. The van der Waals surface area contributed by atoms with E-state index in [1.54, 1.807) is 31.1 Å². The maximum absolute atomic E-state index is 5.23. The van der Waals surface area contributed by atoms with Crippen LogP contribution in [0, 0.1) is 0 Å². The van der Waals surface area contributed by atoms with Crippen molar-refractivity contribution in [2.45, 2.75) is 0 Å². The molecular formula is C13H7N5O2S. The Morgan fingerprint density at radius 2 is 2.10 bits per heavy atom. The number of rotatable bonds is 3. The van der Waals surface area contributed by atoms with Gasteiger partial charge in [0.15, 0.2) is 0 Å². The summed E-state index contributed by atoms with van der Waals surface area (Å²) in [5, 5.41) is 6.58. The summed E-state index contributed by atoms with van der Waals surface area (Å²) < 4.78 is 10.3. The van der Waals surface area contributed by atoms with Crippen molar-refractivity contribution >= 4 is 11.3 Å². The van der Waals surface area contributed by atoms with E-state index in [-0.39, 0.29) is 0 Å². The summed E-state index contributed by atoms with van der Waals surface area (Å²) in [7, 11) is 0. The predicted octanol–water partition coefficient (Wildman–Crippen LogP) is 2.91. The van der Waals surface area contributed by atoms with Gasteiger partial charge in [-0.25, -0.2) is 9.97 Å². The smallest absolute Gasteiger partial charge is 0.277 e. The van der Waals surface area contributed by atoms with Gasteiger partial charge in [0, 0.05) is 23.3 Å². The largest absolute Gasteiger partial charge is 0.472 e. The zero-order valence-corrected chi connectivity index (χ0v) is 11.3. The molecule has 4 heterocycles. The van der Waals surface area contributed by atoms with Gasteiger partial charge < -0.3 is 8.94 Å². The maximum Gasteiger partial charge on any atom is 0.277 e. The van der Waals surface area contributed by atoms with Crippen molar-refractivity contribution in [1.82, 2.24) is 25.1 Å². The van der Waals surface area contributed by atoms with Crippen molar-refractivity contribution in [3.05, 3.63) is 42.6 Å². The summed E-state index contributed by atoms with van der Waals surface area (Å²) in [5.74, 6) is 0.734. The van der Waals surface area contributed by atoms with Gasteiger partial charge in [-0.1, -0.05) is 5.16 Å². The molecule has 0 radical (unpaired) electrons. The van der Waals surface area contributed by atoms with Crippen LogP contribution >= 0.6 is 11.3 Å². The van der Waals surface area contributed by atoms with Crippen LogP contribution in [0.25, 0.3) is 33.7 Å². The van der Waals surface area contributed by atoms with Gasteiger partial charge in [0.1, 0.15) is 22.7 Å². The summed E-state index contributed by atoms with van der Waals surface area (Å²) in [6, 6.07) is 1.85. The highest BCUT2D eigenvalue weighted by atomic mass is 32.1. The fourth-order valence-electron chi connectivity index (χ4n) is 1.74. The summed E-state index contributed by atoms with van der Waals surface area (Å²) in [6.07, 6.45) is 7.98. The van der Waals surface area contributed by atoms with Crippen LogP contribution in [-0.2, 0) is 0 Å². The molecule has 0 saturated carbocycles. The van der Waals surface area contributed by atoms with Crippen LogP contribution in [0.5, 0.6) is 0 Å². The highest BCUT2D eigenvalue weighted by Crippen LogP contribution is 2.28. The molecule has 0 aliphatic carbocycles. The van der Waals surface area contributed by atoms with E-state index in [2.05, 4.69) is 25.1 Å². The Labute approximate surface area is 122 Å². The van der Waals surface area contributed by atoms with Crippen LogP contribution in [-0.4, -0.2) is 25.1 Å². The monoisotopic (exact) mass is 297 g/mol. The van der Waals surface area contributed by atoms with Crippen molar-refractivity contribution < 1.29 is 8.94 Å². The standard InChI is InChI=1S/C13H7N5O2S/c1-4-19-6-8(1)13-16-10(7-21-13)12-17-11(18-20-12)9-5-14-2-3-15-9/h1-7H. The quantitative estimate of drug-likeness (QED) is 0.574. The third kappa shape index (κ3) is 2.21. The molecule has 0 fully saturated rings. The fraction of sp³-hybridized carbons (Fsp3) is 0. The second kappa shape index (κ2) is 4.91. The lowest BCUT2D eigenvalue weighted by Crippen LogP contribution is -1.86. The van der Waals surface area contributed by atoms with Crippen LogP contribution in [0.4, 0.5) is 0 Å². The van der Waals surface area contributed by atoms with E-state index in [1.807, 2.05) is 11.4 Å². The zero-order chi connectivity index (χ0) is 14.1. The van der Waals surface area contributed by atoms with Gasteiger partial charge in [-0.15, -0.1) is 11.3 Å². The normalized spacial score (nSPS) is 10.9. The van der Waals surface area contributed by atoms with E-state index in [0.29, 0.717) is 23.1 Å². The number of hydrogen-bond acceptors (Lipinski definition) is 8. The second-order valence-corrected chi connectivity index (χ2v) is 4.92. The number of aromatic nitrogens is 5. The summed E-state index contributed by atoms with van der Waals surface area (Å²) in [4.78, 5) is 16.8. The van der Waals surface area contributed by atoms with Crippen molar-refractivity contribution in [2.75, 3.05) is 0 Å². The predicted molar refractivity (Wildman–Crippen MR) is 74.1 cm³/mol. The van der Waals surface area contributed by atoms with E-state index in [0.717, 1.165) is 10.6 Å². The molecule has 0 aliphatic rings. The minimum atomic E-state index is 0.349. The van der Waals surface area contributed by atoms with Crippen LogP contribution in [0.2, 0.25) is 0 Å². The molecule has 21 heavy (non-hydrogen) atoms. The molecule has 4 aromatic heterocycles. The minimum absolute atomic E-state index is 0.349. The van der Waals surface area contributed by atoms with E-state index < -0.39 is 0 Å². The Morgan fingerprint density at radius 1 is 1.10 bits per heavy atom. The molecule has 8 heteroatoms. The summed E-state index contributed by atoms with van der Waals surface area (Å²) in [5.41, 5.74) is 2.09. The molecule has 102 valence electrons. The molecule has 0 spiro atoms. The number of nitrogens with zero attached hydrogens (tertiary/aromatic N) is 5. The lowest BCUT2D eigenvalue weighted by atomic mass is 10.3. The fourth-order valence-corrected chi connectivity index (χ4v) is 2.52. The zero-order valence-electron chi connectivity index (χ0n) is 10.5. The molecule has 4 aromatic rings.